The molecule has 3 nitrogen and oxygen atoms in total. The van der Waals surface area contributed by atoms with Crippen LogP contribution in [0.3, 0.4) is 0 Å². The van der Waals surface area contributed by atoms with E-state index in [2.05, 4.69) is 0 Å². The van der Waals surface area contributed by atoms with Crippen LogP contribution in [0.5, 0.6) is 0 Å². The van der Waals surface area contributed by atoms with Crippen LogP contribution in [-0.4, -0.2) is 23.7 Å². The van der Waals surface area contributed by atoms with Gasteiger partial charge in [0.15, 0.2) is 5.22 Å². The first-order valence-corrected chi connectivity index (χ1v) is 4.59. The molecular weight excluding hydrogens is 213 g/mol. The van der Waals surface area contributed by atoms with E-state index in [1.807, 2.05) is 0 Å². The minimum Gasteiger partial charge on any atom is -0.448 e. The molecule has 0 fully saturated rings. The predicted molar refractivity (Wildman–Crippen MR) is 50.9 cm³/mol. The van der Waals surface area contributed by atoms with Crippen molar-refractivity contribution < 1.29 is 9.21 Å². The first-order valence-electron chi connectivity index (χ1n) is 3.67. The monoisotopic (exact) mass is 221 g/mol. The second-order valence-electron chi connectivity index (χ2n) is 2.59. The molecule has 1 aromatic rings. The van der Waals surface area contributed by atoms with Gasteiger partial charge in [0.25, 0.3) is 0 Å². The van der Waals surface area contributed by atoms with E-state index in [1.54, 1.807) is 19.2 Å². The molecule has 0 saturated carbocycles. The van der Waals surface area contributed by atoms with E-state index in [-0.39, 0.29) is 11.8 Å². The van der Waals surface area contributed by atoms with Crippen molar-refractivity contribution in [2.45, 2.75) is 6.54 Å². The highest BCUT2D eigenvalue weighted by Gasteiger charge is 2.09. The normalized spacial score (nSPS) is 10.1. The molecule has 1 rings (SSSR count). The van der Waals surface area contributed by atoms with Gasteiger partial charge in [-0.2, -0.15) is 0 Å². The highest BCUT2D eigenvalue weighted by molar-refractivity contribution is 6.28. The largest absolute Gasteiger partial charge is 0.448 e. The van der Waals surface area contributed by atoms with E-state index in [0.717, 1.165) is 0 Å². The van der Waals surface area contributed by atoms with Gasteiger partial charge in [-0.05, 0) is 23.7 Å². The molecule has 0 aliphatic heterocycles. The standard InChI is InChI=1S/C8H9Cl2NO2/c1-11(8(12)4-9)5-6-2-3-7(10)13-6/h2-3H,4-5H2,1H3. The third-order valence-corrected chi connectivity index (χ3v) is 1.99. The molecular formula is C8H9Cl2NO2. The molecule has 1 heterocycles. The molecule has 1 aromatic heterocycles. The summed E-state index contributed by atoms with van der Waals surface area (Å²) in [5, 5.41) is 0.321. The van der Waals surface area contributed by atoms with Crippen LogP contribution in [0.1, 0.15) is 5.76 Å². The predicted octanol–water partition coefficient (Wildman–Crippen LogP) is 2.13. The van der Waals surface area contributed by atoms with Gasteiger partial charge in [-0.15, -0.1) is 11.6 Å². The van der Waals surface area contributed by atoms with Crippen LogP contribution in [0.2, 0.25) is 5.22 Å². The van der Waals surface area contributed by atoms with E-state index in [9.17, 15) is 4.79 Å². The van der Waals surface area contributed by atoms with Crippen molar-refractivity contribution in [3.63, 3.8) is 0 Å². The summed E-state index contributed by atoms with van der Waals surface area (Å²) in [6.45, 7) is 0.387. The summed E-state index contributed by atoms with van der Waals surface area (Å²) < 4.78 is 5.08. The summed E-state index contributed by atoms with van der Waals surface area (Å²) in [6.07, 6.45) is 0. The maximum atomic E-state index is 11.0. The highest BCUT2D eigenvalue weighted by Crippen LogP contribution is 2.14. The number of carbonyl (C=O) groups excluding carboxylic acids is 1. The number of halogens is 2. The number of carbonyl (C=O) groups is 1. The van der Waals surface area contributed by atoms with Crippen molar-refractivity contribution >= 4 is 29.1 Å². The lowest BCUT2D eigenvalue weighted by Gasteiger charge is -2.13. The number of furan rings is 1. The highest BCUT2D eigenvalue weighted by atomic mass is 35.5. The van der Waals surface area contributed by atoms with E-state index in [1.165, 1.54) is 4.90 Å². The van der Waals surface area contributed by atoms with Gasteiger partial charge in [0.2, 0.25) is 5.91 Å². The van der Waals surface area contributed by atoms with Gasteiger partial charge >= 0.3 is 0 Å². The average molecular weight is 222 g/mol. The Morgan fingerprint density at radius 3 is 2.77 bits per heavy atom. The van der Waals surface area contributed by atoms with Gasteiger partial charge in [-0.1, -0.05) is 0 Å². The lowest BCUT2D eigenvalue weighted by atomic mass is 10.4. The second-order valence-corrected chi connectivity index (χ2v) is 3.23. The van der Waals surface area contributed by atoms with Crippen LogP contribution in [-0.2, 0) is 11.3 Å². The molecule has 0 aromatic carbocycles. The zero-order valence-electron chi connectivity index (χ0n) is 7.09. The lowest BCUT2D eigenvalue weighted by Crippen LogP contribution is -2.26. The molecule has 0 N–H and O–H groups in total. The minimum absolute atomic E-state index is 0.0229. The Morgan fingerprint density at radius 1 is 1.62 bits per heavy atom. The number of nitrogens with zero attached hydrogens (tertiary/aromatic N) is 1. The summed E-state index contributed by atoms with van der Waals surface area (Å²) in [4.78, 5) is 12.5. The van der Waals surface area contributed by atoms with E-state index >= 15 is 0 Å². The molecule has 0 saturated heterocycles. The summed E-state index contributed by atoms with van der Waals surface area (Å²) in [5.74, 6) is 0.477. The number of alkyl halides is 1. The minimum atomic E-state index is -0.144. The molecule has 0 unspecified atom stereocenters. The second kappa shape index (κ2) is 4.53. The van der Waals surface area contributed by atoms with Crippen LogP contribution in [0.4, 0.5) is 0 Å². The Bertz CT molecular complexity index is 298. The topological polar surface area (TPSA) is 33.5 Å². The molecule has 1 amide bonds. The number of rotatable bonds is 3. The fraction of sp³-hybridized carbons (Fsp3) is 0.375. The first-order chi connectivity index (χ1) is 6.13. The molecule has 5 heteroatoms. The molecule has 0 radical (unpaired) electrons. The van der Waals surface area contributed by atoms with Crippen LogP contribution >= 0.6 is 23.2 Å². The van der Waals surface area contributed by atoms with Gasteiger partial charge in [-0.25, -0.2) is 0 Å². The summed E-state index contributed by atoms with van der Waals surface area (Å²) >= 11 is 10.9. The molecule has 72 valence electrons. The zero-order chi connectivity index (χ0) is 9.84. The number of hydrogen-bond donors (Lipinski definition) is 0. The van der Waals surface area contributed by atoms with Crippen molar-refractivity contribution in [3.05, 3.63) is 23.1 Å². The average Bonchev–Trinajstić information content (AvgIpc) is 2.49. The fourth-order valence-corrected chi connectivity index (χ4v) is 1.23. The fourth-order valence-electron chi connectivity index (χ4n) is 0.861. The summed E-state index contributed by atoms with van der Waals surface area (Å²) in [6, 6.07) is 3.36. The molecule has 13 heavy (non-hydrogen) atoms. The van der Waals surface area contributed by atoms with Crippen molar-refractivity contribution in [2.24, 2.45) is 0 Å². The lowest BCUT2D eigenvalue weighted by molar-refractivity contribution is -0.127. The summed E-state index contributed by atoms with van der Waals surface area (Å²) in [5.41, 5.74) is 0. The molecule has 0 bridgehead atoms. The van der Waals surface area contributed by atoms with Crippen molar-refractivity contribution in [3.8, 4) is 0 Å². The van der Waals surface area contributed by atoms with E-state index in [4.69, 9.17) is 27.6 Å². The maximum Gasteiger partial charge on any atom is 0.237 e. The van der Waals surface area contributed by atoms with Gasteiger partial charge in [0.05, 0.1) is 6.54 Å². The van der Waals surface area contributed by atoms with Crippen LogP contribution < -0.4 is 0 Å². The van der Waals surface area contributed by atoms with E-state index < -0.39 is 0 Å². The van der Waals surface area contributed by atoms with Crippen LogP contribution in [0.25, 0.3) is 0 Å². The smallest absolute Gasteiger partial charge is 0.237 e. The number of hydrogen-bond acceptors (Lipinski definition) is 2. The number of amides is 1. The molecule has 0 atom stereocenters. The van der Waals surface area contributed by atoms with Crippen molar-refractivity contribution in [2.75, 3.05) is 12.9 Å². The third kappa shape index (κ3) is 2.94. The van der Waals surface area contributed by atoms with Gasteiger partial charge < -0.3 is 9.32 Å². The van der Waals surface area contributed by atoms with Gasteiger partial charge in [0.1, 0.15) is 11.6 Å². The third-order valence-electron chi connectivity index (χ3n) is 1.56. The van der Waals surface area contributed by atoms with Crippen LogP contribution in [0.15, 0.2) is 16.5 Å². The Morgan fingerprint density at radius 2 is 2.31 bits per heavy atom. The molecule has 0 aliphatic carbocycles. The maximum absolute atomic E-state index is 11.0. The van der Waals surface area contributed by atoms with Crippen LogP contribution in [0, 0.1) is 0 Å². The SMILES string of the molecule is CN(Cc1ccc(Cl)o1)C(=O)CCl. The Labute approximate surface area is 86.2 Å². The van der Waals surface area contributed by atoms with Crippen molar-refractivity contribution in [1.29, 1.82) is 0 Å². The first kappa shape index (κ1) is 10.4. The van der Waals surface area contributed by atoms with Gasteiger partial charge in [0, 0.05) is 7.05 Å². The Balaban J connectivity index is 2.54. The Hall–Kier alpha value is -0.670. The Kier molecular flexibility index (Phi) is 3.63. The van der Waals surface area contributed by atoms with E-state index in [0.29, 0.717) is 17.5 Å². The van der Waals surface area contributed by atoms with Gasteiger partial charge in [-0.3, -0.25) is 4.79 Å². The quantitative estimate of drug-likeness (QED) is 0.734. The zero-order valence-corrected chi connectivity index (χ0v) is 8.60. The molecule has 0 aliphatic rings. The van der Waals surface area contributed by atoms with Crippen molar-refractivity contribution in [1.82, 2.24) is 4.90 Å². The molecule has 0 spiro atoms. The summed E-state index contributed by atoms with van der Waals surface area (Å²) in [7, 11) is 1.65.